The highest BCUT2D eigenvalue weighted by Gasteiger charge is 2.45. The molecule has 2 heterocycles. The second-order valence-electron chi connectivity index (χ2n) is 8.21. The second-order valence-corrected chi connectivity index (χ2v) is 8.21. The maximum atomic E-state index is 13.5. The molecule has 0 radical (unpaired) electrons. The van der Waals surface area contributed by atoms with E-state index >= 15 is 0 Å². The van der Waals surface area contributed by atoms with Gasteiger partial charge in [0.2, 0.25) is 0 Å². The van der Waals surface area contributed by atoms with Gasteiger partial charge in [-0.15, -0.1) is 0 Å². The molecule has 2 fully saturated rings. The minimum Gasteiger partial charge on any atom is -0.445 e. The van der Waals surface area contributed by atoms with Crippen LogP contribution in [0.4, 0.5) is 9.18 Å². The van der Waals surface area contributed by atoms with E-state index in [0.29, 0.717) is 12.8 Å². The van der Waals surface area contributed by atoms with Crippen LogP contribution in [0.5, 0.6) is 0 Å². The van der Waals surface area contributed by atoms with E-state index in [-0.39, 0.29) is 48.7 Å². The monoisotopic (exact) mass is 395 g/mol. The molecular formula is C24H26FNO3. The van der Waals surface area contributed by atoms with Crippen molar-refractivity contribution in [2.24, 2.45) is 5.92 Å². The van der Waals surface area contributed by atoms with E-state index in [4.69, 9.17) is 4.74 Å². The van der Waals surface area contributed by atoms with Gasteiger partial charge in [0.05, 0.1) is 0 Å². The van der Waals surface area contributed by atoms with Gasteiger partial charge in [0.15, 0.2) is 0 Å². The van der Waals surface area contributed by atoms with Crippen LogP contribution < -0.4 is 0 Å². The number of amides is 1. The molecular weight excluding hydrogens is 369 g/mol. The molecule has 2 saturated heterocycles. The number of ether oxygens (including phenoxy) is 1. The molecule has 4 rings (SSSR count). The molecule has 2 aromatic rings. The number of fused-ring (bicyclic) bond motifs is 2. The number of nitrogens with zero attached hydrogens (tertiary/aromatic N) is 1. The summed E-state index contributed by atoms with van der Waals surface area (Å²) in [5, 5.41) is 0. The first-order valence-electron chi connectivity index (χ1n) is 10.3. The lowest BCUT2D eigenvalue weighted by atomic mass is 9.85. The Morgan fingerprint density at radius 3 is 2.45 bits per heavy atom. The molecule has 0 saturated carbocycles. The minimum atomic E-state index is -0.311. The average Bonchev–Trinajstić information content (AvgIpc) is 2.99. The highest BCUT2D eigenvalue weighted by molar-refractivity contribution is 5.84. The van der Waals surface area contributed by atoms with Crippen LogP contribution >= 0.6 is 0 Å². The van der Waals surface area contributed by atoms with Crippen molar-refractivity contribution in [1.82, 2.24) is 4.90 Å². The number of Topliss-reactive ketones (excluding diaryl/α,β-unsaturated/α-hetero) is 1. The molecule has 0 aliphatic carbocycles. The molecule has 29 heavy (non-hydrogen) atoms. The summed E-state index contributed by atoms with van der Waals surface area (Å²) in [5.41, 5.74) is 2.65. The van der Waals surface area contributed by atoms with Gasteiger partial charge in [-0.05, 0) is 61.4 Å². The molecule has 2 atom stereocenters. The van der Waals surface area contributed by atoms with Gasteiger partial charge in [-0.25, -0.2) is 9.18 Å². The Bertz CT molecular complexity index is 884. The Morgan fingerprint density at radius 1 is 1.07 bits per heavy atom. The van der Waals surface area contributed by atoms with Gasteiger partial charge in [0, 0.05) is 24.4 Å². The summed E-state index contributed by atoms with van der Waals surface area (Å²) in [6.45, 7) is 2.16. The number of hydrogen-bond acceptors (Lipinski definition) is 3. The Morgan fingerprint density at radius 2 is 1.76 bits per heavy atom. The van der Waals surface area contributed by atoms with Gasteiger partial charge >= 0.3 is 6.09 Å². The second kappa shape index (κ2) is 8.36. The molecule has 2 bridgehead atoms. The van der Waals surface area contributed by atoms with Crippen LogP contribution in [-0.2, 0) is 22.6 Å². The summed E-state index contributed by atoms with van der Waals surface area (Å²) in [6.07, 6.45) is 3.13. The van der Waals surface area contributed by atoms with Crippen molar-refractivity contribution in [3.05, 3.63) is 71.0 Å². The first-order valence-corrected chi connectivity index (χ1v) is 10.3. The number of carbonyl (C=O) groups is 2. The molecule has 2 unspecified atom stereocenters. The Hall–Kier alpha value is -2.69. The van der Waals surface area contributed by atoms with Gasteiger partial charge in [-0.2, -0.15) is 0 Å². The largest absolute Gasteiger partial charge is 0.445 e. The lowest BCUT2D eigenvalue weighted by Crippen LogP contribution is -2.48. The van der Waals surface area contributed by atoms with Gasteiger partial charge < -0.3 is 9.64 Å². The summed E-state index contributed by atoms with van der Waals surface area (Å²) in [4.78, 5) is 27.4. The maximum absolute atomic E-state index is 13.5. The maximum Gasteiger partial charge on any atom is 0.410 e. The van der Waals surface area contributed by atoms with Crippen LogP contribution in [0.25, 0.3) is 0 Å². The number of benzene rings is 2. The minimum absolute atomic E-state index is 0.0552. The third-order valence-corrected chi connectivity index (χ3v) is 6.28. The molecule has 1 amide bonds. The van der Waals surface area contributed by atoms with E-state index in [1.54, 1.807) is 6.07 Å². The van der Waals surface area contributed by atoms with Crippen LogP contribution in [0.2, 0.25) is 0 Å². The predicted octanol–water partition coefficient (Wildman–Crippen LogP) is 4.83. The third-order valence-electron chi connectivity index (χ3n) is 6.28. The van der Waals surface area contributed by atoms with Crippen LogP contribution in [-0.4, -0.2) is 28.9 Å². The number of carbonyl (C=O) groups excluding carboxylic acids is 2. The molecule has 5 heteroatoms. The smallest absolute Gasteiger partial charge is 0.410 e. The first-order chi connectivity index (χ1) is 14.0. The van der Waals surface area contributed by atoms with Crippen LogP contribution in [0.1, 0.15) is 42.4 Å². The number of rotatable bonds is 5. The van der Waals surface area contributed by atoms with Crippen LogP contribution in [0.3, 0.4) is 0 Å². The summed E-state index contributed by atoms with van der Waals surface area (Å²) < 4.78 is 19.1. The Balaban J connectivity index is 1.36. The number of ketones is 1. The van der Waals surface area contributed by atoms with Crippen molar-refractivity contribution in [1.29, 1.82) is 0 Å². The highest BCUT2D eigenvalue weighted by atomic mass is 19.1. The van der Waals surface area contributed by atoms with Crippen molar-refractivity contribution in [3.63, 3.8) is 0 Å². The fraction of sp³-hybridized carbons (Fsp3) is 0.417. The van der Waals surface area contributed by atoms with Crippen molar-refractivity contribution >= 4 is 11.9 Å². The number of aryl methyl sites for hydroxylation is 1. The van der Waals surface area contributed by atoms with Crippen LogP contribution in [0, 0.1) is 18.7 Å². The third kappa shape index (κ3) is 4.34. The van der Waals surface area contributed by atoms with Gasteiger partial charge in [-0.1, -0.05) is 36.4 Å². The summed E-state index contributed by atoms with van der Waals surface area (Å²) in [7, 11) is 0. The lowest BCUT2D eigenvalue weighted by molar-refractivity contribution is -0.124. The SMILES string of the molecule is Cc1ccc(F)cc1CC(=O)C1CC2CCC(C1)N2C(=O)OCc1ccccc1. The summed E-state index contributed by atoms with van der Waals surface area (Å²) >= 11 is 0. The van der Waals surface area contributed by atoms with Crippen molar-refractivity contribution in [3.8, 4) is 0 Å². The van der Waals surface area contributed by atoms with Gasteiger partial charge in [0.25, 0.3) is 0 Å². The number of halogens is 1. The molecule has 0 spiro atoms. The molecule has 0 N–H and O–H groups in total. The fourth-order valence-corrected chi connectivity index (χ4v) is 4.69. The molecule has 152 valence electrons. The van der Waals surface area contributed by atoms with Gasteiger partial charge in [-0.3, -0.25) is 4.79 Å². The normalized spacial score (nSPS) is 23.1. The molecule has 4 nitrogen and oxygen atoms in total. The molecule has 0 aromatic heterocycles. The molecule has 2 aromatic carbocycles. The standard InChI is InChI=1S/C24H26FNO3/c1-16-7-8-20(25)11-18(16)14-23(27)19-12-21-9-10-22(13-19)26(21)24(28)29-15-17-5-3-2-4-6-17/h2-8,11,19,21-22H,9-10,12-15H2,1H3. The van der Waals surface area contributed by atoms with E-state index in [9.17, 15) is 14.0 Å². The predicted molar refractivity (Wildman–Crippen MR) is 108 cm³/mol. The van der Waals surface area contributed by atoms with E-state index in [1.807, 2.05) is 42.2 Å². The zero-order valence-electron chi connectivity index (χ0n) is 16.6. The molecule has 2 aliphatic heterocycles. The lowest BCUT2D eigenvalue weighted by Gasteiger charge is -2.37. The topological polar surface area (TPSA) is 46.6 Å². The first kappa shape index (κ1) is 19.6. The Labute approximate surface area is 170 Å². The molecule has 2 aliphatic rings. The van der Waals surface area contributed by atoms with Crippen molar-refractivity contribution < 1.29 is 18.7 Å². The van der Waals surface area contributed by atoms with Crippen molar-refractivity contribution in [2.45, 2.75) is 57.7 Å². The summed E-state index contributed by atoms with van der Waals surface area (Å²) in [6, 6.07) is 14.3. The zero-order chi connectivity index (χ0) is 20.4. The van der Waals surface area contributed by atoms with E-state index in [1.165, 1.54) is 12.1 Å². The van der Waals surface area contributed by atoms with Crippen LogP contribution in [0.15, 0.2) is 48.5 Å². The highest BCUT2D eigenvalue weighted by Crippen LogP contribution is 2.40. The zero-order valence-corrected chi connectivity index (χ0v) is 16.6. The number of piperidine rings is 1. The quantitative estimate of drug-likeness (QED) is 0.729. The fourth-order valence-electron chi connectivity index (χ4n) is 4.69. The van der Waals surface area contributed by atoms with Crippen molar-refractivity contribution in [2.75, 3.05) is 0 Å². The average molecular weight is 395 g/mol. The summed E-state index contributed by atoms with van der Waals surface area (Å²) in [5.74, 6) is -0.240. The van der Waals surface area contributed by atoms with E-state index in [2.05, 4.69) is 0 Å². The Kier molecular flexibility index (Phi) is 5.65. The van der Waals surface area contributed by atoms with Gasteiger partial charge in [0.1, 0.15) is 18.2 Å². The number of hydrogen-bond donors (Lipinski definition) is 0. The van der Waals surface area contributed by atoms with E-state index < -0.39 is 0 Å². The van der Waals surface area contributed by atoms with E-state index in [0.717, 1.165) is 29.5 Å².